The van der Waals surface area contributed by atoms with Crippen LogP contribution in [-0.2, 0) is 14.4 Å². The van der Waals surface area contributed by atoms with Crippen molar-refractivity contribution in [2.45, 2.75) is 19.3 Å². The molecule has 0 bridgehead atoms. The minimum Gasteiger partial charge on any atom is -0.497 e. The molecule has 162 valence electrons. The highest BCUT2D eigenvalue weighted by Gasteiger charge is 2.37. The van der Waals surface area contributed by atoms with E-state index in [2.05, 4.69) is 5.32 Å². The van der Waals surface area contributed by atoms with Crippen molar-refractivity contribution < 1.29 is 23.9 Å². The van der Waals surface area contributed by atoms with Crippen LogP contribution >= 0.6 is 0 Å². The van der Waals surface area contributed by atoms with Gasteiger partial charge in [-0.15, -0.1) is 0 Å². The number of amides is 3. The maximum atomic E-state index is 13.0. The molecule has 0 aliphatic carbocycles. The molecule has 2 heterocycles. The first-order chi connectivity index (χ1) is 15.0. The van der Waals surface area contributed by atoms with Crippen LogP contribution in [0.15, 0.2) is 42.5 Å². The van der Waals surface area contributed by atoms with Gasteiger partial charge in [-0.1, -0.05) is 12.1 Å². The molecule has 8 nitrogen and oxygen atoms in total. The summed E-state index contributed by atoms with van der Waals surface area (Å²) in [4.78, 5) is 41.1. The summed E-state index contributed by atoms with van der Waals surface area (Å²) in [5.74, 6) is 0.271. The molecule has 4 rings (SSSR count). The van der Waals surface area contributed by atoms with Crippen LogP contribution in [-0.4, -0.2) is 45.0 Å². The van der Waals surface area contributed by atoms with E-state index >= 15 is 0 Å². The van der Waals surface area contributed by atoms with Gasteiger partial charge in [0.05, 0.1) is 37.2 Å². The first-order valence-corrected chi connectivity index (χ1v) is 10.2. The smallest absolute Gasteiger partial charge is 0.229 e. The maximum Gasteiger partial charge on any atom is 0.229 e. The number of carbonyl (C=O) groups is 3. The van der Waals surface area contributed by atoms with Gasteiger partial charge < -0.3 is 24.6 Å². The fraction of sp³-hybridized carbons (Fsp3) is 0.348. The zero-order valence-corrected chi connectivity index (χ0v) is 17.6. The number of benzene rings is 2. The summed E-state index contributed by atoms with van der Waals surface area (Å²) in [6.07, 6.45) is 1.42. The van der Waals surface area contributed by atoms with Crippen molar-refractivity contribution in [3.05, 3.63) is 42.5 Å². The Morgan fingerprint density at radius 3 is 2.52 bits per heavy atom. The Labute approximate surface area is 180 Å². The second-order valence-corrected chi connectivity index (χ2v) is 7.60. The number of para-hydroxylation sites is 2. The van der Waals surface area contributed by atoms with E-state index in [0.717, 1.165) is 6.42 Å². The minimum absolute atomic E-state index is 0.0514. The number of hydrogen-bond donors (Lipinski definition) is 1. The van der Waals surface area contributed by atoms with Gasteiger partial charge in [0.15, 0.2) is 0 Å². The number of rotatable bonds is 6. The molecule has 2 saturated heterocycles. The van der Waals surface area contributed by atoms with Gasteiger partial charge in [-0.05, 0) is 30.7 Å². The van der Waals surface area contributed by atoms with Crippen molar-refractivity contribution in [2.75, 3.05) is 42.4 Å². The zero-order valence-electron chi connectivity index (χ0n) is 17.6. The molecule has 1 unspecified atom stereocenters. The number of nitrogens with one attached hydrogen (secondary N) is 1. The van der Waals surface area contributed by atoms with Gasteiger partial charge in [0, 0.05) is 32.0 Å². The van der Waals surface area contributed by atoms with E-state index in [-0.39, 0.29) is 30.7 Å². The lowest BCUT2D eigenvalue weighted by atomic mass is 10.1. The van der Waals surface area contributed by atoms with Crippen LogP contribution in [0.5, 0.6) is 11.5 Å². The highest BCUT2D eigenvalue weighted by molar-refractivity contribution is 6.06. The SMILES string of the molecule is COc1ccc(N2CC(C(=O)Nc3ccccc3N3CCCC3=O)CC2=O)c(OC)c1. The van der Waals surface area contributed by atoms with Crippen LogP contribution in [0.4, 0.5) is 17.1 Å². The molecule has 0 aromatic heterocycles. The van der Waals surface area contributed by atoms with Crippen molar-refractivity contribution >= 4 is 34.8 Å². The normalized spacial score (nSPS) is 18.5. The largest absolute Gasteiger partial charge is 0.497 e. The predicted molar refractivity (Wildman–Crippen MR) is 117 cm³/mol. The molecule has 2 fully saturated rings. The first-order valence-electron chi connectivity index (χ1n) is 10.2. The number of ether oxygens (including phenoxy) is 2. The Morgan fingerprint density at radius 1 is 1.00 bits per heavy atom. The van der Waals surface area contributed by atoms with Crippen molar-refractivity contribution in [1.29, 1.82) is 0 Å². The van der Waals surface area contributed by atoms with Gasteiger partial charge in [0.25, 0.3) is 0 Å². The molecule has 3 amide bonds. The van der Waals surface area contributed by atoms with Crippen molar-refractivity contribution in [1.82, 2.24) is 0 Å². The quantitative estimate of drug-likeness (QED) is 0.772. The molecule has 1 atom stereocenters. The third kappa shape index (κ3) is 4.05. The predicted octanol–water partition coefficient (Wildman–Crippen LogP) is 2.82. The molecule has 2 aromatic rings. The van der Waals surface area contributed by atoms with E-state index < -0.39 is 5.92 Å². The van der Waals surface area contributed by atoms with Crippen molar-refractivity contribution in [2.24, 2.45) is 5.92 Å². The summed E-state index contributed by atoms with van der Waals surface area (Å²) >= 11 is 0. The van der Waals surface area contributed by atoms with Gasteiger partial charge in [-0.2, -0.15) is 0 Å². The third-order valence-corrected chi connectivity index (χ3v) is 5.70. The molecule has 8 heteroatoms. The van der Waals surface area contributed by atoms with Crippen LogP contribution in [0.25, 0.3) is 0 Å². The molecular formula is C23H25N3O5. The van der Waals surface area contributed by atoms with Gasteiger partial charge in [0.1, 0.15) is 11.5 Å². The number of anilines is 3. The van der Waals surface area contributed by atoms with Gasteiger partial charge >= 0.3 is 0 Å². The number of nitrogens with zero attached hydrogens (tertiary/aromatic N) is 2. The standard InChI is InChI=1S/C23H25N3O5/c1-30-16-9-10-19(20(13-16)31-2)26-14-15(12-22(26)28)23(29)24-17-6-3-4-7-18(17)25-11-5-8-21(25)27/h3-4,6-7,9-10,13,15H,5,8,11-12,14H2,1-2H3,(H,24,29). The van der Waals surface area contributed by atoms with E-state index in [9.17, 15) is 14.4 Å². The highest BCUT2D eigenvalue weighted by atomic mass is 16.5. The Bertz CT molecular complexity index is 1020. The summed E-state index contributed by atoms with van der Waals surface area (Å²) in [5.41, 5.74) is 1.87. The zero-order chi connectivity index (χ0) is 22.0. The molecule has 31 heavy (non-hydrogen) atoms. The summed E-state index contributed by atoms with van der Waals surface area (Å²) in [6, 6.07) is 12.5. The van der Waals surface area contributed by atoms with E-state index in [1.54, 1.807) is 41.2 Å². The Kier molecular flexibility index (Phi) is 5.79. The van der Waals surface area contributed by atoms with E-state index in [4.69, 9.17) is 9.47 Å². The topological polar surface area (TPSA) is 88.2 Å². The Hall–Kier alpha value is -3.55. The number of methoxy groups -OCH3 is 2. The lowest BCUT2D eigenvalue weighted by molar-refractivity contribution is -0.122. The molecule has 2 aromatic carbocycles. The minimum atomic E-state index is -0.512. The molecule has 0 spiro atoms. The summed E-state index contributed by atoms with van der Waals surface area (Å²) < 4.78 is 10.6. The maximum absolute atomic E-state index is 13.0. The van der Waals surface area contributed by atoms with Crippen LogP contribution in [0.3, 0.4) is 0 Å². The average molecular weight is 423 g/mol. The van der Waals surface area contributed by atoms with Crippen LogP contribution in [0.1, 0.15) is 19.3 Å². The third-order valence-electron chi connectivity index (χ3n) is 5.70. The number of carbonyl (C=O) groups excluding carboxylic acids is 3. The van der Waals surface area contributed by atoms with Gasteiger partial charge in [-0.25, -0.2) is 0 Å². The van der Waals surface area contributed by atoms with Crippen LogP contribution < -0.4 is 24.6 Å². The Balaban J connectivity index is 1.51. The highest BCUT2D eigenvalue weighted by Crippen LogP contribution is 2.36. The van der Waals surface area contributed by atoms with Crippen LogP contribution in [0, 0.1) is 5.92 Å². The summed E-state index contributed by atoms with van der Waals surface area (Å²) in [5, 5.41) is 2.93. The summed E-state index contributed by atoms with van der Waals surface area (Å²) in [7, 11) is 3.09. The first kappa shape index (κ1) is 20.7. The van der Waals surface area contributed by atoms with Crippen molar-refractivity contribution in [3.63, 3.8) is 0 Å². The van der Waals surface area contributed by atoms with E-state index in [1.165, 1.54) is 7.11 Å². The molecule has 1 N–H and O–H groups in total. The van der Waals surface area contributed by atoms with Gasteiger partial charge in [-0.3, -0.25) is 14.4 Å². The fourth-order valence-electron chi connectivity index (χ4n) is 4.08. The van der Waals surface area contributed by atoms with Crippen LogP contribution in [0.2, 0.25) is 0 Å². The lowest BCUT2D eigenvalue weighted by Gasteiger charge is -2.21. The average Bonchev–Trinajstić information content (AvgIpc) is 3.39. The summed E-state index contributed by atoms with van der Waals surface area (Å²) in [6.45, 7) is 0.886. The van der Waals surface area contributed by atoms with Gasteiger partial charge in [0.2, 0.25) is 17.7 Å². The molecular weight excluding hydrogens is 398 g/mol. The molecule has 0 saturated carbocycles. The molecule has 0 radical (unpaired) electrons. The van der Waals surface area contributed by atoms with E-state index in [0.29, 0.717) is 41.5 Å². The fourth-order valence-corrected chi connectivity index (χ4v) is 4.08. The Morgan fingerprint density at radius 2 is 1.81 bits per heavy atom. The van der Waals surface area contributed by atoms with Crippen molar-refractivity contribution in [3.8, 4) is 11.5 Å². The monoisotopic (exact) mass is 423 g/mol. The second-order valence-electron chi connectivity index (χ2n) is 7.60. The lowest BCUT2D eigenvalue weighted by Crippen LogP contribution is -2.29. The molecule has 2 aliphatic heterocycles. The second kappa shape index (κ2) is 8.67. The molecule has 2 aliphatic rings. The van der Waals surface area contributed by atoms with E-state index in [1.807, 2.05) is 18.2 Å². The number of hydrogen-bond acceptors (Lipinski definition) is 5.